The van der Waals surface area contributed by atoms with E-state index >= 15 is 0 Å². The third kappa shape index (κ3) is 8.04. The van der Waals surface area contributed by atoms with Crippen LogP contribution in [0.2, 0.25) is 0 Å². The first-order chi connectivity index (χ1) is 35.2. The molecule has 1 heteroatoms. The number of anilines is 3. The molecule has 306 valence electrons. The summed E-state index contributed by atoms with van der Waals surface area (Å²) in [5.74, 6) is 0. The fourth-order valence-corrected chi connectivity index (χ4v) is 8.65. The minimum atomic E-state index is -0.342. The van der Waals surface area contributed by atoms with E-state index in [0.717, 1.165) is 55.3 Å². The van der Waals surface area contributed by atoms with E-state index in [9.17, 15) is 9.60 Å². The van der Waals surface area contributed by atoms with Crippen LogP contribution in [0.5, 0.6) is 0 Å². The first kappa shape index (κ1) is 32.2. The highest BCUT2D eigenvalue weighted by Gasteiger charge is 2.20. The lowest BCUT2D eigenvalue weighted by molar-refractivity contribution is 1.28. The lowest BCUT2D eigenvalue weighted by atomic mass is 9.89. The lowest BCUT2D eigenvalue weighted by Crippen LogP contribution is -2.11. The summed E-state index contributed by atoms with van der Waals surface area (Å²) >= 11 is 0. The quantitative estimate of drug-likeness (QED) is 0.133. The van der Waals surface area contributed by atoms with Crippen LogP contribution in [-0.4, -0.2) is 0 Å². The van der Waals surface area contributed by atoms with E-state index in [2.05, 4.69) is 42.5 Å². The summed E-state index contributed by atoms with van der Waals surface area (Å²) in [6.07, 6.45) is 0. The Morgan fingerprint density at radius 1 is 0.277 bits per heavy atom. The second-order valence-electron chi connectivity index (χ2n) is 15.9. The van der Waals surface area contributed by atoms with Gasteiger partial charge in [0.05, 0.1) is 15.3 Å². The summed E-state index contributed by atoms with van der Waals surface area (Å²) < 4.78 is 69.3. The molecule has 0 spiro atoms. The molecule has 0 N–H and O–H groups in total. The number of hydrogen-bond donors (Lipinski definition) is 0. The number of fused-ring (bicyclic) bond motifs is 1. The summed E-state index contributed by atoms with van der Waals surface area (Å²) in [6, 6.07) is 72.9. The van der Waals surface area contributed by atoms with Gasteiger partial charge in [0.2, 0.25) is 0 Å². The standard InChI is InChI=1S/C64H45N/c1-6-18-46(19-7-1)54-35-41-63(62(45-54)50-24-12-4-13-25-50)65(59-38-32-52(33-39-59)61-40-34-51-26-16-17-29-60(51)64(61)53-27-14-5-15-28-53)58-36-30-49(31-37-58)57-43-55(47-20-8-2-9-21-47)42-56(44-57)48-22-10-3-11-23-48/h1-45H/i30D,31D,35D,36D,37D,41D,45D. The van der Waals surface area contributed by atoms with Crippen LogP contribution >= 0.6 is 0 Å². The second kappa shape index (κ2) is 17.7. The summed E-state index contributed by atoms with van der Waals surface area (Å²) in [4.78, 5) is 1.57. The van der Waals surface area contributed by atoms with E-state index in [4.69, 9.17) is 0 Å². The lowest BCUT2D eigenvalue weighted by Gasteiger charge is -2.29. The summed E-state index contributed by atoms with van der Waals surface area (Å²) in [7, 11) is 0. The third-order valence-electron chi connectivity index (χ3n) is 11.8. The Bertz CT molecular complexity index is 3710. The van der Waals surface area contributed by atoms with Gasteiger partial charge in [0.25, 0.3) is 0 Å². The predicted octanol–water partition coefficient (Wildman–Crippen LogP) is 18.0. The molecule has 0 fully saturated rings. The topological polar surface area (TPSA) is 3.24 Å². The first-order valence-corrected chi connectivity index (χ1v) is 21.8. The molecule has 65 heavy (non-hydrogen) atoms. The van der Waals surface area contributed by atoms with Gasteiger partial charge in [-0.25, -0.2) is 0 Å². The summed E-state index contributed by atoms with van der Waals surface area (Å²) in [5, 5.41) is 2.20. The number of nitrogens with zero attached hydrogens (tertiary/aromatic N) is 1. The zero-order valence-electron chi connectivity index (χ0n) is 42.4. The minimum absolute atomic E-state index is 0.00766. The smallest absolute Gasteiger partial charge is 0.0645 e. The molecule has 0 saturated carbocycles. The molecule has 0 amide bonds. The molecule has 0 bridgehead atoms. The zero-order valence-corrected chi connectivity index (χ0v) is 35.4. The van der Waals surface area contributed by atoms with Gasteiger partial charge in [0.1, 0.15) is 0 Å². The van der Waals surface area contributed by atoms with Gasteiger partial charge < -0.3 is 4.90 Å². The summed E-state index contributed by atoms with van der Waals surface area (Å²) in [5.41, 5.74) is 10.4. The highest BCUT2D eigenvalue weighted by atomic mass is 15.1. The Kier molecular flexibility index (Phi) is 8.76. The maximum Gasteiger partial charge on any atom is 0.0645 e. The number of hydrogen-bond acceptors (Lipinski definition) is 1. The molecule has 0 radical (unpaired) electrons. The highest BCUT2D eigenvalue weighted by molar-refractivity contribution is 6.04. The Labute approximate surface area is 391 Å². The molecule has 0 aliphatic carbocycles. The zero-order chi connectivity index (χ0) is 49.5. The van der Waals surface area contributed by atoms with E-state index in [1.807, 2.05) is 188 Å². The van der Waals surface area contributed by atoms with Crippen molar-refractivity contribution in [2.75, 3.05) is 4.90 Å². The summed E-state index contributed by atoms with van der Waals surface area (Å²) in [6.45, 7) is 0. The van der Waals surface area contributed by atoms with Crippen LogP contribution in [0.15, 0.2) is 273 Å². The molecule has 11 aromatic carbocycles. The van der Waals surface area contributed by atoms with Crippen LogP contribution in [0.4, 0.5) is 17.1 Å². The van der Waals surface area contributed by atoms with E-state index in [1.165, 1.54) is 0 Å². The van der Waals surface area contributed by atoms with Crippen LogP contribution in [-0.2, 0) is 0 Å². The van der Waals surface area contributed by atoms with E-state index in [-0.39, 0.29) is 64.8 Å². The highest BCUT2D eigenvalue weighted by Crippen LogP contribution is 2.45. The molecule has 0 aromatic heterocycles. The van der Waals surface area contributed by atoms with Crippen molar-refractivity contribution in [1.82, 2.24) is 0 Å². The Morgan fingerprint density at radius 2 is 0.723 bits per heavy atom. The average Bonchev–Trinajstić information content (AvgIpc) is 3.43. The van der Waals surface area contributed by atoms with Gasteiger partial charge in [-0.05, 0) is 138 Å². The first-order valence-electron chi connectivity index (χ1n) is 25.3. The molecule has 0 saturated heterocycles. The minimum Gasteiger partial charge on any atom is -0.310 e. The van der Waals surface area contributed by atoms with Crippen molar-refractivity contribution in [1.29, 1.82) is 0 Å². The third-order valence-corrected chi connectivity index (χ3v) is 11.8. The molecule has 11 aromatic rings. The second-order valence-corrected chi connectivity index (χ2v) is 15.9. The van der Waals surface area contributed by atoms with Crippen LogP contribution in [0, 0.1) is 0 Å². The monoisotopic (exact) mass is 834 g/mol. The molecule has 0 heterocycles. The van der Waals surface area contributed by atoms with Crippen LogP contribution in [0.3, 0.4) is 0 Å². The van der Waals surface area contributed by atoms with Crippen molar-refractivity contribution in [2.24, 2.45) is 0 Å². The maximum absolute atomic E-state index is 10.0. The van der Waals surface area contributed by atoms with E-state index in [0.29, 0.717) is 27.9 Å². The van der Waals surface area contributed by atoms with Crippen molar-refractivity contribution in [3.8, 4) is 77.9 Å². The Hall–Kier alpha value is -8.52. The molecule has 11 rings (SSSR count). The number of rotatable bonds is 10. The van der Waals surface area contributed by atoms with E-state index < -0.39 is 0 Å². The largest absolute Gasteiger partial charge is 0.310 e. The maximum atomic E-state index is 10.0. The normalized spacial score (nSPS) is 12.6. The van der Waals surface area contributed by atoms with Gasteiger partial charge in [-0.15, -0.1) is 0 Å². The van der Waals surface area contributed by atoms with Crippen LogP contribution in [0.1, 0.15) is 9.60 Å². The molecule has 0 aliphatic rings. The van der Waals surface area contributed by atoms with Crippen molar-refractivity contribution in [3.05, 3.63) is 273 Å². The number of benzene rings is 11. The fourth-order valence-electron chi connectivity index (χ4n) is 8.65. The molecule has 0 aliphatic heterocycles. The molecular weight excluding hydrogens is 783 g/mol. The average molecular weight is 835 g/mol. The van der Waals surface area contributed by atoms with Gasteiger partial charge in [-0.2, -0.15) is 0 Å². The van der Waals surface area contributed by atoms with Gasteiger partial charge >= 0.3 is 0 Å². The molecule has 0 atom stereocenters. The van der Waals surface area contributed by atoms with Gasteiger partial charge in [0, 0.05) is 16.9 Å². The van der Waals surface area contributed by atoms with Crippen LogP contribution in [0.25, 0.3) is 88.7 Å². The van der Waals surface area contributed by atoms with Crippen molar-refractivity contribution >= 4 is 27.8 Å². The van der Waals surface area contributed by atoms with Gasteiger partial charge in [0.15, 0.2) is 0 Å². The van der Waals surface area contributed by atoms with Gasteiger partial charge in [-0.3, -0.25) is 0 Å². The Morgan fingerprint density at radius 3 is 1.29 bits per heavy atom. The molecule has 0 unspecified atom stereocenters. The van der Waals surface area contributed by atoms with Crippen molar-refractivity contribution in [2.45, 2.75) is 0 Å². The predicted molar refractivity (Wildman–Crippen MR) is 277 cm³/mol. The van der Waals surface area contributed by atoms with E-state index in [1.54, 1.807) is 4.90 Å². The van der Waals surface area contributed by atoms with Gasteiger partial charge in [-0.1, -0.05) is 218 Å². The van der Waals surface area contributed by atoms with Crippen LogP contribution < -0.4 is 4.90 Å². The molecule has 1 nitrogen and oxygen atoms in total. The Balaban J connectivity index is 1.18. The fraction of sp³-hybridized carbons (Fsp3) is 0. The van der Waals surface area contributed by atoms with Crippen molar-refractivity contribution in [3.63, 3.8) is 0 Å². The van der Waals surface area contributed by atoms with Crippen molar-refractivity contribution < 1.29 is 9.60 Å². The molecular formula is C64H45N. The SMILES string of the molecule is [2H]c1c([2H])c(N(c2ccc(-c3ccc4ccccc4c3-c3ccccc3)cc2)c2c([2H])c([2H])c(-c3ccccc3)c([2H])c2-c2ccccc2)c([2H])c([2H])c1-c1cc(-c2ccccc2)cc(-c2ccccc2)c1.